The summed E-state index contributed by atoms with van der Waals surface area (Å²) in [5.41, 5.74) is 5.05. The summed E-state index contributed by atoms with van der Waals surface area (Å²) < 4.78 is 0. The predicted molar refractivity (Wildman–Crippen MR) is 62.0 cm³/mol. The fourth-order valence-corrected chi connectivity index (χ4v) is 1.30. The summed E-state index contributed by atoms with van der Waals surface area (Å²) >= 11 is 1.67. The second kappa shape index (κ2) is 5.94. The molecule has 4 heteroatoms. The minimum Gasteiger partial charge on any atom is -0.339 e. The fraction of sp³-hybridized carbons (Fsp3) is 0.700. The summed E-state index contributed by atoms with van der Waals surface area (Å²) in [5.74, 6) is 3.19. The van der Waals surface area contributed by atoms with Gasteiger partial charge in [-0.2, -0.15) is 11.8 Å². The van der Waals surface area contributed by atoms with Gasteiger partial charge in [0.15, 0.2) is 0 Å². The Morgan fingerprint density at radius 3 is 2.71 bits per heavy atom. The number of hydrogen-bond donors (Lipinski definition) is 2. The third kappa shape index (κ3) is 5.15. The number of terminal acetylenes is 1. The van der Waals surface area contributed by atoms with Crippen molar-refractivity contribution in [1.82, 2.24) is 5.32 Å². The summed E-state index contributed by atoms with van der Waals surface area (Å²) in [6, 6.07) is -0.463. The number of nitrogens with one attached hydrogen (secondary N) is 1. The van der Waals surface area contributed by atoms with E-state index in [-0.39, 0.29) is 5.91 Å². The Bertz CT molecular complexity index is 233. The molecule has 1 atom stereocenters. The van der Waals surface area contributed by atoms with Crippen molar-refractivity contribution in [2.45, 2.75) is 31.8 Å². The lowest BCUT2D eigenvalue weighted by Crippen LogP contribution is -2.49. The zero-order valence-electron chi connectivity index (χ0n) is 8.96. The molecule has 0 fully saturated rings. The van der Waals surface area contributed by atoms with Gasteiger partial charge in [-0.15, -0.1) is 6.42 Å². The van der Waals surface area contributed by atoms with Gasteiger partial charge in [-0.25, -0.2) is 0 Å². The van der Waals surface area contributed by atoms with E-state index in [2.05, 4.69) is 11.2 Å². The minimum absolute atomic E-state index is 0.179. The maximum absolute atomic E-state index is 11.5. The van der Waals surface area contributed by atoms with E-state index in [1.54, 1.807) is 25.6 Å². The van der Waals surface area contributed by atoms with E-state index < -0.39 is 11.6 Å². The number of carbonyl (C=O) groups excluding carboxylic acids is 1. The number of rotatable bonds is 5. The van der Waals surface area contributed by atoms with Crippen LogP contribution in [-0.2, 0) is 4.79 Å². The van der Waals surface area contributed by atoms with E-state index in [0.717, 1.165) is 5.75 Å². The molecule has 0 saturated heterocycles. The largest absolute Gasteiger partial charge is 0.339 e. The van der Waals surface area contributed by atoms with Crippen LogP contribution in [0.15, 0.2) is 0 Å². The smallest absolute Gasteiger partial charge is 0.238 e. The normalized spacial score (nSPS) is 13.1. The third-order valence-corrected chi connectivity index (χ3v) is 2.41. The molecule has 0 aliphatic rings. The highest BCUT2D eigenvalue weighted by atomic mass is 32.2. The van der Waals surface area contributed by atoms with E-state index in [1.165, 1.54) is 0 Å². The Balaban J connectivity index is 4.03. The van der Waals surface area contributed by atoms with Crippen LogP contribution in [0.4, 0.5) is 0 Å². The molecule has 0 aliphatic carbocycles. The topological polar surface area (TPSA) is 55.1 Å². The van der Waals surface area contributed by atoms with Gasteiger partial charge in [-0.3, -0.25) is 4.79 Å². The highest BCUT2D eigenvalue weighted by Crippen LogP contribution is 2.02. The van der Waals surface area contributed by atoms with Gasteiger partial charge in [-0.05, 0) is 32.3 Å². The highest BCUT2D eigenvalue weighted by Gasteiger charge is 2.20. The van der Waals surface area contributed by atoms with Crippen molar-refractivity contribution in [2.24, 2.45) is 5.73 Å². The highest BCUT2D eigenvalue weighted by molar-refractivity contribution is 7.98. The molecule has 0 heterocycles. The Labute approximate surface area is 90.2 Å². The average Bonchev–Trinajstić information content (AvgIpc) is 2.13. The van der Waals surface area contributed by atoms with Crippen molar-refractivity contribution in [3.05, 3.63) is 0 Å². The van der Waals surface area contributed by atoms with Crippen molar-refractivity contribution >= 4 is 17.7 Å². The monoisotopic (exact) mass is 214 g/mol. The van der Waals surface area contributed by atoms with Crippen LogP contribution in [0, 0.1) is 12.3 Å². The van der Waals surface area contributed by atoms with Gasteiger partial charge < -0.3 is 11.1 Å². The number of nitrogens with two attached hydrogens (primary N) is 1. The average molecular weight is 214 g/mol. The molecule has 3 N–H and O–H groups in total. The van der Waals surface area contributed by atoms with Crippen LogP contribution in [0.5, 0.6) is 0 Å². The van der Waals surface area contributed by atoms with Gasteiger partial charge in [0.05, 0.1) is 11.6 Å². The summed E-state index contributed by atoms with van der Waals surface area (Å²) in [4.78, 5) is 11.5. The van der Waals surface area contributed by atoms with E-state index in [4.69, 9.17) is 12.2 Å². The number of thioether (sulfide) groups is 1. The fourth-order valence-electron chi connectivity index (χ4n) is 0.813. The SMILES string of the molecule is C#CC(C)(C)NC(=O)[C@H](N)CCSC. The molecule has 0 aromatic heterocycles. The standard InChI is InChI=1S/C10H18N2OS/c1-5-10(2,3)12-9(13)8(11)6-7-14-4/h1,8H,6-7,11H2,2-4H3,(H,12,13)/t8-/m1/s1. The zero-order valence-corrected chi connectivity index (χ0v) is 9.78. The molecule has 0 saturated carbocycles. The number of carbonyl (C=O) groups is 1. The van der Waals surface area contributed by atoms with Gasteiger partial charge in [-0.1, -0.05) is 5.92 Å². The van der Waals surface area contributed by atoms with Crippen molar-refractivity contribution < 1.29 is 4.79 Å². The van der Waals surface area contributed by atoms with Gasteiger partial charge in [0.1, 0.15) is 0 Å². The lowest BCUT2D eigenvalue weighted by molar-refractivity contribution is -0.123. The molecular weight excluding hydrogens is 196 g/mol. The summed E-state index contributed by atoms with van der Waals surface area (Å²) in [6.07, 6.45) is 7.90. The number of hydrogen-bond acceptors (Lipinski definition) is 3. The maximum atomic E-state index is 11.5. The predicted octanol–water partition coefficient (Wildman–Crippen LogP) is 0.595. The quantitative estimate of drug-likeness (QED) is 0.659. The molecule has 0 unspecified atom stereocenters. The van der Waals surface area contributed by atoms with Crippen LogP contribution < -0.4 is 11.1 Å². The van der Waals surface area contributed by atoms with Crippen LogP contribution >= 0.6 is 11.8 Å². The molecular formula is C10H18N2OS. The van der Waals surface area contributed by atoms with Crippen LogP contribution in [-0.4, -0.2) is 29.5 Å². The van der Waals surface area contributed by atoms with Crippen LogP contribution in [0.3, 0.4) is 0 Å². The zero-order chi connectivity index (χ0) is 11.2. The molecule has 80 valence electrons. The molecule has 0 aliphatic heterocycles. The second-order valence-corrected chi connectivity index (χ2v) is 4.63. The van der Waals surface area contributed by atoms with Crippen molar-refractivity contribution in [1.29, 1.82) is 0 Å². The maximum Gasteiger partial charge on any atom is 0.238 e. The molecule has 3 nitrogen and oxygen atoms in total. The Morgan fingerprint density at radius 2 is 2.29 bits per heavy atom. The Kier molecular flexibility index (Phi) is 5.66. The van der Waals surface area contributed by atoms with E-state index in [9.17, 15) is 4.79 Å². The van der Waals surface area contributed by atoms with Gasteiger partial charge in [0, 0.05) is 0 Å². The van der Waals surface area contributed by atoms with Crippen molar-refractivity contribution in [3.63, 3.8) is 0 Å². The molecule has 0 aromatic carbocycles. The Hall–Kier alpha value is -0.660. The summed E-state index contributed by atoms with van der Waals surface area (Å²) in [5, 5.41) is 2.71. The first-order chi connectivity index (χ1) is 6.43. The molecule has 0 bridgehead atoms. The third-order valence-electron chi connectivity index (χ3n) is 1.77. The van der Waals surface area contributed by atoms with E-state index in [1.807, 2.05) is 6.26 Å². The van der Waals surface area contributed by atoms with Crippen molar-refractivity contribution in [2.75, 3.05) is 12.0 Å². The molecule has 0 rings (SSSR count). The van der Waals surface area contributed by atoms with Crippen LogP contribution in [0.2, 0.25) is 0 Å². The molecule has 14 heavy (non-hydrogen) atoms. The van der Waals surface area contributed by atoms with Crippen LogP contribution in [0.1, 0.15) is 20.3 Å². The van der Waals surface area contributed by atoms with Crippen LogP contribution in [0.25, 0.3) is 0 Å². The summed E-state index contributed by atoms with van der Waals surface area (Å²) in [6.45, 7) is 3.54. The first kappa shape index (κ1) is 13.3. The van der Waals surface area contributed by atoms with E-state index in [0.29, 0.717) is 6.42 Å². The molecule has 0 spiro atoms. The first-order valence-electron chi connectivity index (χ1n) is 4.47. The minimum atomic E-state index is -0.617. The van der Waals surface area contributed by atoms with E-state index >= 15 is 0 Å². The molecule has 1 amide bonds. The number of amides is 1. The lowest BCUT2D eigenvalue weighted by Gasteiger charge is -2.22. The summed E-state index contributed by atoms with van der Waals surface area (Å²) in [7, 11) is 0. The molecule has 0 aromatic rings. The lowest BCUT2D eigenvalue weighted by atomic mass is 10.1. The van der Waals surface area contributed by atoms with Gasteiger partial charge in [0.2, 0.25) is 5.91 Å². The van der Waals surface area contributed by atoms with Gasteiger partial charge in [0.25, 0.3) is 0 Å². The van der Waals surface area contributed by atoms with Crippen molar-refractivity contribution in [3.8, 4) is 12.3 Å². The van der Waals surface area contributed by atoms with Gasteiger partial charge >= 0.3 is 0 Å². The Morgan fingerprint density at radius 1 is 1.71 bits per heavy atom. The molecule has 0 radical (unpaired) electrons. The first-order valence-corrected chi connectivity index (χ1v) is 5.86. The second-order valence-electron chi connectivity index (χ2n) is 3.65.